The minimum atomic E-state index is 0.262. The zero-order valence-corrected chi connectivity index (χ0v) is 27.5. The van der Waals surface area contributed by atoms with Crippen molar-refractivity contribution in [3.63, 3.8) is 0 Å². The Morgan fingerprint density at radius 2 is 0.750 bits per heavy atom. The SMILES string of the molecule is CCCCCCC=CCCCCCCCCO[C@@H]1CN(C)C[C@H]1OCCCCCCCCC=CCCCCCC. The van der Waals surface area contributed by atoms with E-state index in [0.717, 1.165) is 26.3 Å². The fraction of sp³-hybridized carbons (Fsp3) is 0.892. The van der Waals surface area contributed by atoms with Crippen molar-refractivity contribution in [3.05, 3.63) is 24.3 Å². The number of likely N-dealkylation sites (tertiary alicyclic amines) is 1. The first-order valence-electron chi connectivity index (χ1n) is 18.0. The van der Waals surface area contributed by atoms with E-state index in [9.17, 15) is 0 Å². The Labute approximate surface area is 251 Å². The number of hydrogen-bond acceptors (Lipinski definition) is 3. The number of nitrogens with zero attached hydrogens (tertiary/aromatic N) is 1. The second-order valence-corrected chi connectivity index (χ2v) is 12.5. The minimum Gasteiger partial charge on any atom is -0.374 e. The molecule has 0 radical (unpaired) electrons. The zero-order chi connectivity index (χ0) is 28.8. The van der Waals surface area contributed by atoms with Gasteiger partial charge in [0.2, 0.25) is 0 Å². The van der Waals surface area contributed by atoms with Crippen molar-refractivity contribution >= 4 is 0 Å². The first kappa shape index (κ1) is 37.4. The largest absolute Gasteiger partial charge is 0.374 e. The van der Waals surface area contributed by atoms with E-state index in [1.54, 1.807) is 0 Å². The maximum atomic E-state index is 6.29. The van der Waals surface area contributed by atoms with Crippen LogP contribution < -0.4 is 0 Å². The molecule has 3 nitrogen and oxygen atoms in total. The summed E-state index contributed by atoms with van der Waals surface area (Å²) in [6.45, 7) is 8.39. The van der Waals surface area contributed by atoms with Crippen molar-refractivity contribution in [2.24, 2.45) is 0 Å². The molecule has 1 heterocycles. The normalized spacial score (nSPS) is 18.2. The van der Waals surface area contributed by atoms with E-state index in [0.29, 0.717) is 0 Å². The molecular formula is C37H71NO2. The molecule has 0 spiro atoms. The first-order valence-corrected chi connectivity index (χ1v) is 18.0. The zero-order valence-electron chi connectivity index (χ0n) is 27.5. The number of likely N-dealkylation sites (N-methyl/N-ethyl adjacent to an activating group) is 1. The standard InChI is InChI=1S/C37H71NO2/c1-4-6-8-10-12-14-16-18-20-22-24-26-28-30-32-39-36-34-38(3)35-37(36)40-33-31-29-27-25-23-21-19-17-15-13-11-9-7-5-2/h14-17,36-37H,4-13,18-35H2,1-3H3/t36-,37-/m1/s1. The highest BCUT2D eigenvalue weighted by atomic mass is 16.5. The molecule has 0 aromatic rings. The van der Waals surface area contributed by atoms with Gasteiger partial charge in [-0.25, -0.2) is 0 Å². The van der Waals surface area contributed by atoms with Crippen LogP contribution in [0, 0.1) is 0 Å². The van der Waals surface area contributed by atoms with Gasteiger partial charge in [-0.05, 0) is 71.3 Å². The van der Waals surface area contributed by atoms with Gasteiger partial charge in [0, 0.05) is 26.3 Å². The minimum absolute atomic E-state index is 0.262. The van der Waals surface area contributed by atoms with Crippen molar-refractivity contribution in [1.29, 1.82) is 0 Å². The molecule has 0 aliphatic carbocycles. The molecule has 1 saturated heterocycles. The molecule has 236 valence electrons. The van der Waals surface area contributed by atoms with Crippen LogP contribution in [0.1, 0.15) is 168 Å². The van der Waals surface area contributed by atoms with Crippen LogP contribution in [0.15, 0.2) is 24.3 Å². The summed E-state index contributed by atoms with van der Waals surface area (Å²) in [6.07, 6.45) is 42.1. The van der Waals surface area contributed by atoms with E-state index < -0.39 is 0 Å². The van der Waals surface area contributed by atoms with Gasteiger partial charge in [-0.3, -0.25) is 0 Å². The van der Waals surface area contributed by atoms with Gasteiger partial charge in [0.05, 0.1) is 12.2 Å². The molecule has 1 rings (SSSR count). The number of rotatable bonds is 30. The predicted molar refractivity (Wildman–Crippen MR) is 177 cm³/mol. The van der Waals surface area contributed by atoms with Crippen LogP contribution in [-0.4, -0.2) is 50.5 Å². The molecule has 0 aromatic carbocycles. The van der Waals surface area contributed by atoms with Gasteiger partial charge in [0.25, 0.3) is 0 Å². The average Bonchev–Trinajstić information content (AvgIpc) is 3.31. The topological polar surface area (TPSA) is 21.7 Å². The van der Waals surface area contributed by atoms with Crippen molar-refractivity contribution in [1.82, 2.24) is 4.90 Å². The Balaban J connectivity index is 1.90. The third-order valence-electron chi connectivity index (χ3n) is 8.37. The molecule has 1 aliphatic heterocycles. The van der Waals surface area contributed by atoms with Crippen molar-refractivity contribution < 1.29 is 9.47 Å². The van der Waals surface area contributed by atoms with Gasteiger partial charge >= 0.3 is 0 Å². The highest BCUT2D eigenvalue weighted by molar-refractivity contribution is 4.84. The number of unbranched alkanes of at least 4 members (excludes halogenated alkanes) is 20. The Hall–Kier alpha value is -0.640. The molecule has 2 atom stereocenters. The smallest absolute Gasteiger partial charge is 0.0975 e. The number of hydrogen-bond donors (Lipinski definition) is 0. The maximum Gasteiger partial charge on any atom is 0.0975 e. The van der Waals surface area contributed by atoms with E-state index in [4.69, 9.17) is 9.47 Å². The third-order valence-corrected chi connectivity index (χ3v) is 8.37. The Kier molecular flexibility index (Phi) is 27.9. The highest BCUT2D eigenvalue weighted by Gasteiger charge is 2.32. The molecule has 0 aromatic heterocycles. The molecule has 1 aliphatic rings. The van der Waals surface area contributed by atoms with Crippen molar-refractivity contribution in [2.75, 3.05) is 33.4 Å². The van der Waals surface area contributed by atoms with Crippen LogP contribution in [0.4, 0.5) is 0 Å². The van der Waals surface area contributed by atoms with E-state index >= 15 is 0 Å². The van der Waals surface area contributed by atoms with Gasteiger partial charge < -0.3 is 14.4 Å². The second-order valence-electron chi connectivity index (χ2n) is 12.5. The molecule has 40 heavy (non-hydrogen) atoms. The van der Waals surface area contributed by atoms with E-state index in [-0.39, 0.29) is 12.2 Å². The van der Waals surface area contributed by atoms with Crippen LogP contribution in [0.25, 0.3) is 0 Å². The Morgan fingerprint density at radius 1 is 0.450 bits per heavy atom. The summed E-state index contributed by atoms with van der Waals surface area (Å²) in [5.74, 6) is 0. The summed E-state index contributed by atoms with van der Waals surface area (Å²) < 4.78 is 12.6. The fourth-order valence-corrected chi connectivity index (χ4v) is 5.71. The molecular weight excluding hydrogens is 490 g/mol. The fourth-order valence-electron chi connectivity index (χ4n) is 5.71. The molecule has 0 amide bonds. The van der Waals surface area contributed by atoms with Gasteiger partial charge in [0.1, 0.15) is 0 Å². The van der Waals surface area contributed by atoms with E-state index in [1.807, 2.05) is 0 Å². The lowest BCUT2D eigenvalue weighted by molar-refractivity contribution is -0.0481. The van der Waals surface area contributed by atoms with E-state index in [2.05, 4.69) is 50.1 Å². The van der Waals surface area contributed by atoms with Gasteiger partial charge in [-0.1, -0.05) is 128 Å². The van der Waals surface area contributed by atoms with Crippen LogP contribution in [0.3, 0.4) is 0 Å². The van der Waals surface area contributed by atoms with Crippen molar-refractivity contribution in [2.45, 2.75) is 180 Å². The quantitative estimate of drug-likeness (QED) is 0.0643. The molecule has 0 bridgehead atoms. The van der Waals surface area contributed by atoms with Gasteiger partial charge in [0.15, 0.2) is 0 Å². The van der Waals surface area contributed by atoms with E-state index in [1.165, 1.54) is 154 Å². The van der Waals surface area contributed by atoms with Crippen LogP contribution in [-0.2, 0) is 9.47 Å². The highest BCUT2D eigenvalue weighted by Crippen LogP contribution is 2.18. The lowest BCUT2D eigenvalue weighted by Gasteiger charge is -2.20. The lowest BCUT2D eigenvalue weighted by Crippen LogP contribution is -2.30. The summed E-state index contributed by atoms with van der Waals surface area (Å²) >= 11 is 0. The molecule has 1 fully saturated rings. The molecule has 0 N–H and O–H groups in total. The van der Waals surface area contributed by atoms with Crippen LogP contribution in [0.2, 0.25) is 0 Å². The second kappa shape index (κ2) is 29.8. The molecule has 0 saturated carbocycles. The lowest BCUT2D eigenvalue weighted by atomic mass is 10.1. The summed E-state index contributed by atoms with van der Waals surface area (Å²) in [7, 11) is 2.20. The summed E-state index contributed by atoms with van der Waals surface area (Å²) in [5, 5.41) is 0. The molecule has 3 heteroatoms. The van der Waals surface area contributed by atoms with Gasteiger partial charge in [-0.2, -0.15) is 0 Å². The van der Waals surface area contributed by atoms with Crippen LogP contribution in [0.5, 0.6) is 0 Å². The third kappa shape index (κ3) is 24.0. The maximum absolute atomic E-state index is 6.29. The monoisotopic (exact) mass is 562 g/mol. The Bertz CT molecular complexity index is 512. The van der Waals surface area contributed by atoms with Gasteiger partial charge in [-0.15, -0.1) is 0 Å². The van der Waals surface area contributed by atoms with Crippen LogP contribution >= 0.6 is 0 Å². The summed E-state index contributed by atoms with van der Waals surface area (Å²) in [5.41, 5.74) is 0. The first-order chi connectivity index (χ1) is 19.8. The summed E-state index contributed by atoms with van der Waals surface area (Å²) in [6, 6.07) is 0. The molecule has 0 unspecified atom stereocenters. The average molecular weight is 562 g/mol. The summed E-state index contributed by atoms with van der Waals surface area (Å²) in [4.78, 5) is 2.37. The number of ether oxygens (including phenoxy) is 2. The number of allylic oxidation sites excluding steroid dienone is 4. The predicted octanol–water partition coefficient (Wildman–Crippen LogP) is 11.2. The van der Waals surface area contributed by atoms with Crippen molar-refractivity contribution in [3.8, 4) is 0 Å². The Morgan fingerprint density at radius 3 is 1.10 bits per heavy atom.